The van der Waals surface area contributed by atoms with Gasteiger partial charge < -0.3 is 14.2 Å². The summed E-state index contributed by atoms with van der Waals surface area (Å²) in [7, 11) is 1.69. The molecule has 0 bridgehead atoms. The fraction of sp³-hybridized carbons (Fsp3) is 0.500. The second-order valence-corrected chi connectivity index (χ2v) is 4.16. The number of hydrogen-bond donors (Lipinski definition) is 0. The molecule has 19 heavy (non-hydrogen) atoms. The third kappa shape index (κ3) is 5.79. The topological polar surface area (TPSA) is 27.7 Å². The molecule has 0 unspecified atom stereocenters. The van der Waals surface area contributed by atoms with Crippen LogP contribution in [0.3, 0.4) is 0 Å². The molecule has 0 aromatic heterocycles. The van der Waals surface area contributed by atoms with E-state index in [1.807, 2.05) is 25.1 Å². The van der Waals surface area contributed by atoms with E-state index in [-0.39, 0.29) is 0 Å². The SMILES string of the molecule is CC/C=C\CCOc1ccc(COC)cc1OCC. The fourth-order valence-corrected chi connectivity index (χ4v) is 1.72. The Kier molecular flexibility index (Phi) is 7.75. The van der Waals surface area contributed by atoms with Gasteiger partial charge in [0.2, 0.25) is 0 Å². The second-order valence-electron chi connectivity index (χ2n) is 4.16. The van der Waals surface area contributed by atoms with E-state index in [0.717, 1.165) is 29.9 Å². The number of hydrogen-bond acceptors (Lipinski definition) is 3. The molecule has 0 saturated heterocycles. The van der Waals surface area contributed by atoms with Crippen LogP contribution in [-0.2, 0) is 11.3 Å². The van der Waals surface area contributed by atoms with Crippen LogP contribution in [0.5, 0.6) is 11.5 Å². The molecule has 3 nitrogen and oxygen atoms in total. The van der Waals surface area contributed by atoms with Gasteiger partial charge in [-0.25, -0.2) is 0 Å². The highest BCUT2D eigenvalue weighted by atomic mass is 16.5. The third-order valence-electron chi connectivity index (χ3n) is 2.56. The van der Waals surface area contributed by atoms with Crippen LogP contribution in [0.4, 0.5) is 0 Å². The van der Waals surface area contributed by atoms with Crippen molar-refractivity contribution in [3.05, 3.63) is 35.9 Å². The van der Waals surface area contributed by atoms with Crippen LogP contribution < -0.4 is 9.47 Å². The first-order valence-electron chi connectivity index (χ1n) is 6.84. The Bertz CT molecular complexity index is 386. The van der Waals surface area contributed by atoms with Crippen molar-refractivity contribution in [3.63, 3.8) is 0 Å². The van der Waals surface area contributed by atoms with E-state index < -0.39 is 0 Å². The van der Waals surface area contributed by atoms with Gasteiger partial charge in [-0.1, -0.05) is 25.1 Å². The normalized spacial score (nSPS) is 10.9. The van der Waals surface area contributed by atoms with Crippen LogP contribution in [0, 0.1) is 0 Å². The summed E-state index contributed by atoms with van der Waals surface area (Å²) in [5.41, 5.74) is 1.09. The van der Waals surface area contributed by atoms with Crippen LogP contribution >= 0.6 is 0 Å². The van der Waals surface area contributed by atoms with E-state index in [0.29, 0.717) is 19.8 Å². The van der Waals surface area contributed by atoms with E-state index in [2.05, 4.69) is 19.1 Å². The standard InChI is InChI=1S/C16H24O3/c1-4-6-7-8-11-19-15-10-9-14(13-17-3)12-16(15)18-5-2/h6-7,9-10,12H,4-5,8,11,13H2,1-3H3/b7-6-. The summed E-state index contributed by atoms with van der Waals surface area (Å²) in [5.74, 6) is 1.59. The first kappa shape index (κ1) is 15.6. The van der Waals surface area contributed by atoms with E-state index in [4.69, 9.17) is 14.2 Å². The van der Waals surface area contributed by atoms with Crippen molar-refractivity contribution in [2.24, 2.45) is 0 Å². The lowest BCUT2D eigenvalue weighted by Gasteiger charge is -2.12. The molecule has 0 saturated carbocycles. The van der Waals surface area contributed by atoms with Gasteiger partial charge in [0.25, 0.3) is 0 Å². The molecule has 1 aromatic rings. The number of rotatable bonds is 9. The zero-order valence-electron chi connectivity index (χ0n) is 12.1. The van der Waals surface area contributed by atoms with Crippen LogP contribution in [0.15, 0.2) is 30.4 Å². The van der Waals surface area contributed by atoms with Crippen LogP contribution in [-0.4, -0.2) is 20.3 Å². The van der Waals surface area contributed by atoms with Crippen molar-refractivity contribution in [3.8, 4) is 11.5 Å². The Morgan fingerprint density at radius 1 is 1.05 bits per heavy atom. The predicted octanol–water partition coefficient (Wildman–Crippen LogP) is 3.97. The number of benzene rings is 1. The van der Waals surface area contributed by atoms with Gasteiger partial charge in [-0.2, -0.15) is 0 Å². The molecule has 3 heteroatoms. The Morgan fingerprint density at radius 3 is 2.58 bits per heavy atom. The highest BCUT2D eigenvalue weighted by molar-refractivity contribution is 5.42. The summed E-state index contributed by atoms with van der Waals surface area (Å²) in [6.45, 7) is 5.97. The second kappa shape index (κ2) is 9.45. The maximum atomic E-state index is 5.75. The van der Waals surface area contributed by atoms with E-state index in [1.165, 1.54) is 0 Å². The van der Waals surface area contributed by atoms with Gasteiger partial charge >= 0.3 is 0 Å². The molecule has 0 aliphatic rings. The lowest BCUT2D eigenvalue weighted by Crippen LogP contribution is -2.01. The largest absolute Gasteiger partial charge is 0.490 e. The zero-order chi connectivity index (χ0) is 13.9. The van der Waals surface area contributed by atoms with Crippen molar-refractivity contribution in [1.82, 2.24) is 0 Å². The summed E-state index contributed by atoms with van der Waals surface area (Å²) in [4.78, 5) is 0. The molecule has 0 atom stereocenters. The maximum Gasteiger partial charge on any atom is 0.161 e. The molecule has 0 aliphatic carbocycles. The van der Waals surface area contributed by atoms with Crippen molar-refractivity contribution in [2.45, 2.75) is 33.3 Å². The number of methoxy groups -OCH3 is 1. The summed E-state index contributed by atoms with van der Waals surface area (Å²) in [6, 6.07) is 5.93. The molecule has 0 aliphatic heterocycles. The Labute approximate surface area is 116 Å². The van der Waals surface area contributed by atoms with Crippen molar-refractivity contribution >= 4 is 0 Å². The summed E-state index contributed by atoms with van der Waals surface area (Å²) in [5, 5.41) is 0. The van der Waals surface area contributed by atoms with Crippen molar-refractivity contribution < 1.29 is 14.2 Å². The molecule has 0 fully saturated rings. The first-order chi connectivity index (χ1) is 9.31. The van der Waals surface area contributed by atoms with E-state index >= 15 is 0 Å². The highest BCUT2D eigenvalue weighted by Crippen LogP contribution is 2.28. The van der Waals surface area contributed by atoms with E-state index in [1.54, 1.807) is 7.11 Å². The van der Waals surface area contributed by atoms with Gasteiger partial charge in [0.15, 0.2) is 11.5 Å². The average molecular weight is 264 g/mol. The highest BCUT2D eigenvalue weighted by Gasteiger charge is 2.06. The van der Waals surface area contributed by atoms with Gasteiger partial charge in [0.1, 0.15) is 0 Å². The number of ether oxygens (including phenoxy) is 3. The van der Waals surface area contributed by atoms with Crippen LogP contribution in [0.2, 0.25) is 0 Å². The summed E-state index contributed by atoms with van der Waals surface area (Å²) >= 11 is 0. The molecule has 0 spiro atoms. The molecule has 0 heterocycles. The summed E-state index contributed by atoms with van der Waals surface area (Å²) < 4.78 is 16.5. The molecule has 0 radical (unpaired) electrons. The lowest BCUT2D eigenvalue weighted by molar-refractivity contribution is 0.184. The van der Waals surface area contributed by atoms with E-state index in [9.17, 15) is 0 Å². The predicted molar refractivity (Wildman–Crippen MR) is 77.9 cm³/mol. The molecule has 0 amide bonds. The number of allylic oxidation sites excluding steroid dienone is 1. The minimum absolute atomic E-state index is 0.583. The van der Waals surface area contributed by atoms with Crippen LogP contribution in [0.25, 0.3) is 0 Å². The van der Waals surface area contributed by atoms with Crippen LogP contribution in [0.1, 0.15) is 32.3 Å². The Balaban J connectivity index is 2.62. The van der Waals surface area contributed by atoms with Gasteiger partial charge in [0, 0.05) is 7.11 Å². The third-order valence-corrected chi connectivity index (χ3v) is 2.56. The van der Waals surface area contributed by atoms with Gasteiger partial charge in [0.05, 0.1) is 19.8 Å². The van der Waals surface area contributed by atoms with Crippen molar-refractivity contribution in [2.75, 3.05) is 20.3 Å². The van der Waals surface area contributed by atoms with Gasteiger partial charge in [-0.3, -0.25) is 0 Å². The van der Waals surface area contributed by atoms with Gasteiger partial charge in [-0.15, -0.1) is 0 Å². The molecular formula is C16H24O3. The molecule has 1 rings (SSSR count). The maximum absolute atomic E-state index is 5.75. The minimum Gasteiger partial charge on any atom is -0.490 e. The fourth-order valence-electron chi connectivity index (χ4n) is 1.72. The quantitative estimate of drug-likeness (QED) is 0.499. The Morgan fingerprint density at radius 2 is 1.89 bits per heavy atom. The van der Waals surface area contributed by atoms with Gasteiger partial charge in [-0.05, 0) is 37.5 Å². The molecule has 0 N–H and O–H groups in total. The van der Waals surface area contributed by atoms with Crippen molar-refractivity contribution in [1.29, 1.82) is 0 Å². The monoisotopic (exact) mass is 264 g/mol. The molecule has 106 valence electrons. The first-order valence-corrected chi connectivity index (χ1v) is 6.84. The Hall–Kier alpha value is -1.48. The molecule has 1 aromatic carbocycles. The smallest absolute Gasteiger partial charge is 0.161 e. The summed E-state index contributed by atoms with van der Waals surface area (Å²) in [6.07, 6.45) is 6.27. The molecular weight excluding hydrogens is 240 g/mol. The minimum atomic E-state index is 0.583. The lowest BCUT2D eigenvalue weighted by atomic mass is 10.2. The average Bonchev–Trinajstić information content (AvgIpc) is 2.41. The zero-order valence-corrected chi connectivity index (χ0v) is 12.1.